The first-order valence-electron chi connectivity index (χ1n) is 5.59. The van der Waals surface area contributed by atoms with Gasteiger partial charge in [-0.05, 0) is 12.0 Å². The van der Waals surface area contributed by atoms with Gasteiger partial charge in [-0.15, -0.1) is 0 Å². The molecule has 0 radical (unpaired) electrons. The zero-order valence-electron chi connectivity index (χ0n) is 9.84. The number of hydrogen-bond acceptors (Lipinski definition) is 3. The Morgan fingerprint density at radius 3 is 2.71 bits per heavy atom. The summed E-state index contributed by atoms with van der Waals surface area (Å²) >= 11 is 1.72. The Labute approximate surface area is 106 Å². The van der Waals surface area contributed by atoms with E-state index < -0.39 is 0 Å². The maximum absolute atomic E-state index is 9.07. The molecule has 0 fully saturated rings. The van der Waals surface area contributed by atoms with Crippen molar-refractivity contribution in [1.82, 2.24) is 9.55 Å². The molecule has 0 aliphatic rings. The van der Waals surface area contributed by atoms with Crippen molar-refractivity contribution in [2.75, 3.05) is 5.75 Å². The fourth-order valence-electron chi connectivity index (χ4n) is 1.61. The van der Waals surface area contributed by atoms with Gasteiger partial charge >= 0.3 is 0 Å². The molecule has 4 heteroatoms. The van der Waals surface area contributed by atoms with Gasteiger partial charge in [-0.1, -0.05) is 42.1 Å². The maximum atomic E-state index is 9.07. The number of nitrogens with zero attached hydrogens (tertiary/aromatic N) is 2. The summed E-state index contributed by atoms with van der Waals surface area (Å²) in [6.07, 6.45) is 2.76. The third kappa shape index (κ3) is 3.11. The molecule has 0 spiro atoms. The summed E-state index contributed by atoms with van der Waals surface area (Å²) in [6, 6.07) is 10.4. The van der Waals surface area contributed by atoms with Crippen LogP contribution in [0.4, 0.5) is 0 Å². The Kier molecular flexibility index (Phi) is 4.23. The summed E-state index contributed by atoms with van der Waals surface area (Å²) in [7, 11) is 1.93. The van der Waals surface area contributed by atoms with E-state index >= 15 is 0 Å². The first kappa shape index (κ1) is 12.2. The van der Waals surface area contributed by atoms with E-state index in [1.807, 2.05) is 17.7 Å². The van der Waals surface area contributed by atoms with Gasteiger partial charge in [-0.2, -0.15) is 0 Å². The van der Waals surface area contributed by atoms with Crippen molar-refractivity contribution < 1.29 is 5.11 Å². The molecule has 0 bridgehead atoms. The van der Waals surface area contributed by atoms with Crippen LogP contribution in [0.1, 0.15) is 11.3 Å². The molecule has 2 aromatic rings. The van der Waals surface area contributed by atoms with E-state index in [4.69, 9.17) is 5.11 Å². The van der Waals surface area contributed by atoms with Gasteiger partial charge in [-0.3, -0.25) is 0 Å². The summed E-state index contributed by atoms with van der Waals surface area (Å²) < 4.78 is 1.94. The van der Waals surface area contributed by atoms with Gasteiger partial charge in [0.25, 0.3) is 0 Å². The predicted octanol–water partition coefficient (Wildman–Crippen LogP) is 2.25. The van der Waals surface area contributed by atoms with Gasteiger partial charge in [0, 0.05) is 12.8 Å². The molecule has 0 aliphatic carbocycles. The van der Waals surface area contributed by atoms with Crippen LogP contribution in [0.2, 0.25) is 0 Å². The van der Waals surface area contributed by atoms with Crippen molar-refractivity contribution >= 4 is 11.8 Å². The quantitative estimate of drug-likeness (QED) is 0.825. The molecule has 0 saturated carbocycles. The second-order valence-electron chi connectivity index (χ2n) is 3.83. The molecule has 0 atom stereocenters. The molecular formula is C13H16N2OS. The van der Waals surface area contributed by atoms with Gasteiger partial charge in [0.2, 0.25) is 0 Å². The van der Waals surface area contributed by atoms with E-state index in [-0.39, 0.29) is 6.61 Å². The number of imidazole rings is 1. The van der Waals surface area contributed by atoms with Crippen LogP contribution in [0, 0.1) is 0 Å². The SMILES string of the molecule is Cn1c(CO)cnc1SCCc1ccccc1. The third-order valence-electron chi connectivity index (χ3n) is 2.67. The molecule has 90 valence electrons. The summed E-state index contributed by atoms with van der Waals surface area (Å²) in [5.74, 6) is 1.000. The molecule has 0 saturated heterocycles. The van der Waals surface area contributed by atoms with Crippen LogP contribution in [-0.4, -0.2) is 20.4 Å². The first-order chi connectivity index (χ1) is 8.31. The highest BCUT2D eigenvalue weighted by Gasteiger charge is 2.05. The third-order valence-corrected chi connectivity index (χ3v) is 3.71. The lowest BCUT2D eigenvalue weighted by atomic mass is 10.2. The largest absolute Gasteiger partial charge is 0.390 e. The molecule has 17 heavy (non-hydrogen) atoms. The van der Waals surface area contributed by atoms with E-state index in [2.05, 4.69) is 29.2 Å². The number of benzene rings is 1. The Bertz CT molecular complexity index is 468. The van der Waals surface area contributed by atoms with Gasteiger partial charge in [-0.25, -0.2) is 4.98 Å². The highest BCUT2D eigenvalue weighted by Crippen LogP contribution is 2.18. The highest BCUT2D eigenvalue weighted by atomic mass is 32.2. The molecular weight excluding hydrogens is 232 g/mol. The summed E-state index contributed by atoms with van der Waals surface area (Å²) in [6.45, 7) is 0.0444. The van der Waals surface area contributed by atoms with Gasteiger partial charge < -0.3 is 9.67 Å². The van der Waals surface area contributed by atoms with Crippen LogP contribution in [0.15, 0.2) is 41.7 Å². The van der Waals surface area contributed by atoms with Crippen molar-refractivity contribution in [3.63, 3.8) is 0 Å². The number of thioether (sulfide) groups is 1. The van der Waals surface area contributed by atoms with Crippen molar-refractivity contribution in [1.29, 1.82) is 0 Å². The van der Waals surface area contributed by atoms with Crippen LogP contribution < -0.4 is 0 Å². The zero-order chi connectivity index (χ0) is 12.1. The lowest BCUT2D eigenvalue weighted by molar-refractivity contribution is 0.271. The van der Waals surface area contributed by atoms with Gasteiger partial charge in [0.05, 0.1) is 18.5 Å². The Morgan fingerprint density at radius 2 is 2.06 bits per heavy atom. The first-order valence-corrected chi connectivity index (χ1v) is 6.58. The second-order valence-corrected chi connectivity index (χ2v) is 4.90. The number of aromatic nitrogens is 2. The van der Waals surface area contributed by atoms with Crippen molar-refractivity contribution in [3.8, 4) is 0 Å². The van der Waals surface area contributed by atoms with E-state index in [0.29, 0.717) is 0 Å². The lowest BCUT2D eigenvalue weighted by Gasteiger charge is -2.04. The predicted molar refractivity (Wildman–Crippen MR) is 70.0 cm³/mol. The minimum absolute atomic E-state index is 0.0444. The van der Waals surface area contributed by atoms with E-state index in [0.717, 1.165) is 23.0 Å². The molecule has 0 unspecified atom stereocenters. The van der Waals surface area contributed by atoms with E-state index in [9.17, 15) is 0 Å². The smallest absolute Gasteiger partial charge is 0.167 e. The van der Waals surface area contributed by atoms with E-state index in [1.165, 1.54) is 5.56 Å². The van der Waals surface area contributed by atoms with E-state index in [1.54, 1.807) is 18.0 Å². The average molecular weight is 248 g/mol. The van der Waals surface area contributed by atoms with Crippen LogP contribution in [0.25, 0.3) is 0 Å². The Morgan fingerprint density at radius 1 is 1.29 bits per heavy atom. The Balaban J connectivity index is 1.88. The number of rotatable bonds is 5. The van der Waals surface area contributed by atoms with Crippen LogP contribution in [-0.2, 0) is 20.1 Å². The van der Waals surface area contributed by atoms with Gasteiger partial charge in [0.15, 0.2) is 5.16 Å². The number of hydrogen-bond donors (Lipinski definition) is 1. The fourth-order valence-corrected chi connectivity index (χ4v) is 2.57. The minimum Gasteiger partial charge on any atom is -0.390 e. The molecule has 3 nitrogen and oxygen atoms in total. The Hall–Kier alpha value is -1.26. The normalized spacial score (nSPS) is 10.7. The van der Waals surface area contributed by atoms with Crippen LogP contribution in [0.5, 0.6) is 0 Å². The molecule has 1 heterocycles. The zero-order valence-corrected chi connectivity index (χ0v) is 10.7. The maximum Gasteiger partial charge on any atom is 0.167 e. The lowest BCUT2D eigenvalue weighted by Crippen LogP contribution is -1.98. The van der Waals surface area contributed by atoms with Crippen molar-refractivity contribution in [2.45, 2.75) is 18.2 Å². The molecule has 2 rings (SSSR count). The number of aliphatic hydroxyl groups is 1. The number of aliphatic hydroxyl groups excluding tert-OH is 1. The topological polar surface area (TPSA) is 38.0 Å². The van der Waals surface area contributed by atoms with Crippen LogP contribution >= 0.6 is 11.8 Å². The standard InChI is InChI=1S/C13H16N2OS/c1-15-12(10-16)9-14-13(15)17-8-7-11-5-3-2-4-6-11/h2-6,9,16H,7-8,10H2,1H3. The average Bonchev–Trinajstić information content (AvgIpc) is 2.72. The highest BCUT2D eigenvalue weighted by molar-refractivity contribution is 7.99. The minimum atomic E-state index is 0.0444. The molecule has 0 aliphatic heterocycles. The van der Waals surface area contributed by atoms with Crippen molar-refractivity contribution in [3.05, 3.63) is 47.8 Å². The summed E-state index contributed by atoms with van der Waals surface area (Å²) in [4.78, 5) is 4.28. The fraction of sp³-hybridized carbons (Fsp3) is 0.308. The summed E-state index contributed by atoms with van der Waals surface area (Å²) in [5.41, 5.74) is 2.20. The molecule has 0 amide bonds. The second kappa shape index (κ2) is 5.89. The summed E-state index contributed by atoms with van der Waals surface area (Å²) in [5, 5.41) is 10.0. The number of aryl methyl sites for hydroxylation is 1. The molecule has 1 N–H and O–H groups in total. The molecule has 1 aromatic carbocycles. The molecule has 1 aromatic heterocycles. The monoisotopic (exact) mass is 248 g/mol. The van der Waals surface area contributed by atoms with Crippen LogP contribution in [0.3, 0.4) is 0 Å². The van der Waals surface area contributed by atoms with Gasteiger partial charge in [0.1, 0.15) is 0 Å². The van der Waals surface area contributed by atoms with Crippen molar-refractivity contribution in [2.24, 2.45) is 7.05 Å².